The Balaban J connectivity index is 1.68. The predicted molar refractivity (Wildman–Crippen MR) is 142 cm³/mol. The van der Waals surface area contributed by atoms with Gasteiger partial charge in [0.15, 0.2) is 0 Å². The van der Waals surface area contributed by atoms with Gasteiger partial charge in [0.05, 0.1) is 23.7 Å². The maximum Gasteiger partial charge on any atom is 0.303 e. The van der Waals surface area contributed by atoms with Crippen molar-refractivity contribution < 1.29 is 14.7 Å². The van der Waals surface area contributed by atoms with E-state index in [1.165, 1.54) is 5.01 Å². The van der Waals surface area contributed by atoms with Crippen LogP contribution < -0.4 is 5.56 Å². The fraction of sp³-hybridized carbons (Fsp3) is 0.179. The molecule has 5 rings (SSSR count). The third-order valence-electron chi connectivity index (χ3n) is 6.39. The highest BCUT2D eigenvalue weighted by Gasteiger charge is 2.35. The van der Waals surface area contributed by atoms with Gasteiger partial charge < -0.3 is 10.1 Å². The molecule has 0 aliphatic carbocycles. The van der Waals surface area contributed by atoms with Crippen LogP contribution in [-0.2, 0) is 9.59 Å². The number of nitrogens with one attached hydrogen (secondary N) is 1. The number of amides is 1. The fourth-order valence-electron chi connectivity index (χ4n) is 4.58. The van der Waals surface area contributed by atoms with Crippen molar-refractivity contribution >= 4 is 40.2 Å². The molecule has 9 heteroatoms. The molecule has 1 amide bonds. The van der Waals surface area contributed by atoms with Gasteiger partial charge in [-0.05, 0) is 42.3 Å². The summed E-state index contributed by atoms with van der Waals surface area (Å²) in [6, 6.07) is 18.1. The number of carboxylic acids is 1. The summed E-state index contributed by atoms with van der Waals surface area (Å²) in [6.45, 7) is 1.97. The van der Waals surface area contributed by atoms with Gasteiger partial charge in [0.1, 0.15) is 5.65 Å². The summed E-state index contributed by atoms with van der Waals surface area (Å²) in [4.78, 5) is 44.9. The Kier molecular flexibility index (Phi) is 6.58. The number of carbonyl (C=O) groups excluding carboxylic acids is 1. The summed E-state index contributed by atoms with van der Waals surface area (Å²) in [7, 11) is 0. The molecule has 3 heterocycles. The lowest BCUT2D eigenvalue weighted by Gasteiger charge is -2.22. The highest BCUT2D eigenvalue weighted by atomic mass is 35.5. The highest BCUT2D eigenvalue weighted by Crippen LogP contribution is 2.37. The number of aromatic amines is 1. The number of rotatable bonds is 6. The van der Waals surface area contributed by atoms with E-state index in [0.717, 1.165) is 22.1 Å². The Bertz CT molecular complexity index is 1590. The Morgan fingerprint density at radius 3 is 2.49 bits per heavy atom. The van der Waals surface area contributed by atoms with Crippen LogP contribution in [0.4, 0.5) is 0 Å². The second-order valence-corrected chi connectivity index (χ2v) is 9.36. The molecular formula is C28H23ClN4O4. The number of halogens is 1. The molecule has 8 nitrogen and oxygen atoms in total. The number of aryl methyl sites for hydroxylation is 1. The molecule has 0 saturated heterocycles. The topological polar surface area (TPSA) is 116 Å². The second-order valence-electron chi connectivity index (χ2n) is 8.92. The number of hydrogen-bond acceptors (Lipinski definition) is 5. The van der Waals surface area contributed by atoms with Crippen LogP contribution in [0.25, 0.3) is 22.2 Å². The van der Waals surface area contributed by atoms with Gasteiger partial charge in [0.25, 0.3) is 5.56 Å². The lowest BCUT2D eigenvalue weighted by Crippen LogP contribution is -2.27. The van der Waals surface area contributed by atoms with Gasteiger partial charge in [0.2, 0.25) is 5.91 Å². The maximum atomic E-state index is 13.5. The summed E-state index contributed by atoms with van der Waals surface area (Å²) in [5.74, 6) is -1.48. The van der Waals surface area contributed by atoms with Crippen LogP contribution in [0.2, 0.25) is 5.02 Å². The molecule has 0 saturated carbocycles. The van der Waals surface area contributed by atoms with E-state index >= 15 is 0 Å². The largest absolute Gasteiger partial charge is 0.481 e. The number of carbonyl (C=O) groups is 2. The number of pyridine rings is 2. The molecule has 37 heavy (non-hydrogen) atoms. The monoisotopic (exact) mass is 514 g/mol. The molecule has 1 unspecified atom stereocenters. The van der Waals surface area contributed by atoms with Crippen molar-refractivity contribution in [3.05, 3.63) is 98.9 Å². The van der Waals surface area contributed by atoms with E-state index in [2.05, 4.69) is 15.1 Å². The number of aromatic nitrogens is 2. The molecule has 1 aliphatic rings. The molecule has 4 aromatic rings. The fourth-order valence-corrected chi connectivity index (χ4v) is 4.71. The van der Waals surface area contributed by atoms with Crippen LogP contribution in [0.15, 0.2) is 76.8 Å². The van der Waals surface area contributed by atoms with E-state index in [4.69, 9.17) is 16.7 Å². The van der Waals surface area contributed by atoms with Crippen LogP contribution in [0, 0.1) is 6.92 Å². The predicted octanol–water partition coefficient (Wildman–Crippen LogP) is 5.09. The molecule has 0 spiro atoms. The summed E-state index contributed by atoms with van der Waals surface area (Å²) >= 11 is 6.13. The van der Waals surface area contributed by atoms with E-state index in [1.807, 2.05) is 49.4 Å². The van der Waals surface area contributed by atoms with Crippen molar-refractivity contribution in [2.75, 3.05) is 0 Å². The summed E-state index contributed by atoms with van der Waals surface area (Å²) in [5, 5.41) is 16.3. The van der Waals surface area contributed by atoms with E-state index in [0.29, 0.717) is 27.5 Å². The number of benzene rings is 2. The summed E-state index contributed by atoms with van der Waals surface area (Å²) in [6.07, 6.45) is 1.39. The van der Waals surface area contributed by atoms with Crippen LogP contribution in [0.5, 0.6) is 0 Å². The van der Waals surface area contributed by atoms with Crippen LogP contribution >= 0.6 is 11.6 Å². The zero-order chi connectivity index (χ0) is 26.1. The summed E-state index contributed by atoms with van der Waals surface area (Å²) in [5.41, 5.74) is 4.15. The SMILES string of the molecule is Cc1ccc(C2CC(c3c(-c4ccc(Cl)cc4)c4cccnc4[nH]c3=O)=NN2C(=O)CCC(=O)O)cc1. The first kappa shape index (κ1) is 24.4. The zero-order valence-corrected chi connectivity index (χ0v) is 20.7. The molecular weight excluding hydrogens is 492 g/mol. The first-order valence-corrected chi connectivity index (χ1v) is 12.1. The minimum atomic E-state index is -1.06. The van der Waals surface area contributed by atoms with Crippen LogP contribution in [0.3, 0.4) is 0 Å². The Morgan fingerprint density at radius 2 is 1.78 bits per heavy atom. The van der Waals surface area contributed by atoms with Crippen molar-refractivity contribution in [3.63, 3.8) is 0 Å². The number of hydrazone groups is 1. The van der Waals surface area contributed by atoms with Crippen molar-refractivity contribution in [2.45, 2.75) is 32.2 Å². The van der Waals surface area contributed by atoms with Crippen LogP contribution in [-0.4, -0.2) is 37.7 Å². The normalized spacial score (nSPS) is 15.1. The molecule has 0 fully saturated rings. The van der Waals surface area contributed by atoms with Crippen molar-refractivity contribution in [1.29, 1.82) is 0 Å². The highest BCUT2D eigenvalue weighted by molar-refractivity contribution is 6.30. The number of H-pyrrole nitrogens is 1. The lowest BCUT2D eigenvalue weighted by molar-refractivity contribution is -0.141. The van der Waals surface area contributed by atoms with E-state index in [9.17, 15) is 14.4 Å². The standard InChI is InChI=1S/C28H23ClN4O4/c1-16-4-6-17(7-5-16)22-15-21(32-33(22)23(34)12-13-24(35)36)26-25(18-8-10-19(29)11-9-18)20-3-2-14-30-27(20)31-28(26)37/h2-11,14,22H,12-13,15H2,1H3,(H,35,36)(H,30,31,37). The number of fused-ring (bicyclic) bond motifs is 1. The Hall–Kier alpha value is -4.30. The first-order chi connectivity index (χ1) is 17.8. The lowest BCUT2D eigenvalue weighted by atomic mass is 9.91. The molecule has 0 bridgehead atoms. The number of hydrogen-bond donors (Lipinski definition) is 2. The Labute approximate surface area is 217 Å². The Morgan fingerprint density at radius 1 is 1.05 bits per heavy atom. The van der Waals surface area contributed by atoms with E-state index in [1.54, 1.807) is 24.4 Å². The molecule has 1 aliphatic heterocycles. The molecule has 2 aromatic heterocycles. The van der Waals surface area contributed by atoms with Crippen molar-refractivity contribution in [3.8, 4) is 11.1 Å². The van der Waals surface area contributed by atoms with E-state index < -0.39 is 17.9 Å². The smallest absolute Gasteiger partial charge is 0.303 e. The van der Waals surface area contributed by atoms with Crippen molar-refractivity contribution in [2.24, 2.45) is 5.10 Å². The van der Waals surface area contributed by atoms with Gasteiger partial charge in [0, 0.05) is 35.0 Å². The second kappa shape index (κ2) is 9.99. The average Bonchev–Trinajstić information content (AvgIpc) is 3.32. The van der Waals surface area contributed by atoms with Crippen molar-refractivity contribution in [1.82, 2.24) is 15.0 Å². The zero-order valence-electron chi connectivity index (χ0n) is 19.9. The van der Waals surface area contributed by atoms with Crippen LogP contribution in [0.1, 0.15) is 42.0 Å². The third kappa shape index (κ3) is 4.88. The molecule has 1 atom stereocenters. The first-order valence-electron chi connectivity index (χ1n) is 11.8. The molecule has 0 radical (unpaired) electrons. The minimum Gasteiger partial charge on any atom is -0.481 e. The van der Waals surface area contributed by atoms with Gasteiger partial charge in [-0.2, -0.15) is 5.10 Å². The van der Waals surface area contributed by atoms with Gasteiger partial charge in [-0.1, -0.05) is 53.6 Å². The number of carboxylic acid groups (broad SMARTS) is 1. The number of nitrogens with zero attached hydrogens (tertiary/aromatic N) is 3. The minimum absolute atomic E-state index is 0.198. The average molecular weight is 515 g/mol. The maximum absolute atomic E-state index is 13.5. The number of aliphatic carboxylic acids is 1. The molecule has 186 valence electrons. The van der Waals surface area contributed by atoms with E-state index in [-0.39, 0.29) is 24.8 Å². The van der Waals surface area contributed by atoms with Gasteiger partial charge >= 0.3 is 5.97 Å². The summed E-state index contributed by atoms with van der Waals surface area (Å²) < 4.78 is 0. The quantitative estimate of drug-likeness (QED) is 0.371. The molecule has 2 N–H and O–H groups in total. The third-order valence-corrected chi connectivity index (χ3v) is 6.64. The van der Waals surface area contributed by atoms with Gasteiger partial charge in [-0.15, -0.1) is 0 Å². The van der Waals surface area contributed by atoms with Gasteiger partial charge in [-0.3, -0.25) is 14.4 Å². The van der Waals surface area contributed by atoms with Gasteiger partial charge in [-0.25, -0.2) is 9.99 Å². The molecule has 2 aromatic carbocycles.